The fraction of sp³-hybridized carbons (Fsp3) is 0.333. The number of hydrogen-bond acceptors (Lipinski definition) is 4. The highest BCUT2D eigenvalue weighted by Crippen LogP contribution is 2.25. The van der Waals surface area contributed by atoms with Gasteiger partial charge in [0.1, 0.15) is 12.6 Å². The van der Waals surface area contributed by atoms with E-state index in [-0.39, 0.29) is 12.5 Å². The summed E-state index contributed by atoms with van der Waals surface area (Å²) in [5.41, 5.74) is 4.85. The maximum Gasteiger partial charge on any atom is 0.244 e. The number of rotatable bonds is 11. The van der Waals surface area contributed by atoms with Crippen LogP contribution in [0.1, 0.15) is 34.7 Å². The lowest BCUT2D eigenvalue weighted by atomic mass is 10.0. The molecular weight excluding hydrogens is 498 g/mol. The fourth-order valence-corrected chi connectivity index (χ4v) is 5.30. The minimum atomic E-state index is -3.80. The minimum Gasteiger partial charge on any atom is -0.355 e. The highest BCUT2D eigenvalue weighted by Gasteiger charge is 2.33. The van der Waals surface area contributed by atoms with Gasteiger partial charge in [-0.15, -0.1) is 0 Å². The summed E-state index contributed by atoms with van der Waals surface area (Å²) < 4.78 is 27.0. The number of carbonyl (C=O) groups is 2. The predicted octanol–water partition coefficient (Wildman–Crippen LogP) is 4.15. The molecule has 0 aliphatic heterocycles. The second-order valence-electron chi connectivity index (χ2n) is 9.61. The van der Waals surface area contributed by atoms with Crippen molar-refractivity contribution < 1.29 is 18.0 Å². The molecule has 2 amide bonds. The van der Waals surface area contributed by atoms with Crippen molar-refractivity contribution in [3.05, 3.63) is 101 Å². The Balaban J connectivity index is 2.08. The molecule has 3 aromatic carbocycles. The first-order chi connectivity index (χ1) is 18.0. The van der Waals surface area contributed by atoms with Crippen LogP contribution >= 0.6 is 0 Å². The van der Waals surface area contributed by atoms with E-state index in [0.717, 1.165) is 38.4 Å². The summed E-state index contributed by atoms with van der Waals surface area (Å²) in [6.07, 6.45) is 1.39. The Bertz CT molecular complexity index is 1370. The Morgan fingerprint density at radius 2 is 1.55 bits per heavy atom. The van der Waals surface area contributed by atoms with Gasteiger partial charge in [0.05, 0.1) is 11.9 Å². The molecule has 7 nitrogen and oxygen atoms in total. The number of nitrogens with one attached hydrogen (secondary N) is 1. The highest BCUT2D eigenvalue weighted by atomic mass is 32.2. The first-order valence-corrected chi connectivity index (χ1v) is 14.6. The number of amides is 2. The van der Waals surface area contributed by atoms with Crippen LogP contribution in [0.5, 0.6) is 0 Å². The number of likely N-dealkylation sites (N-methyl/N-ethyl adjacent to an activating group) is 1. The normalized spacial score (nSPS) is 12.0. The minimum absolute atomic E-state index is 0.171. The lowest BCUT2D eigenvalue weighted by Gasteiger charge is -2.34. The number of anilines is 1. The molecule has 0 unspecified atom stereocenters. The largest absolute Gasteiger partial charge is 0.355 e. The number of sulfonamides is 1. The summed E-state index contributed by atoms with van der Waals surface area (Å²) in [4.78, 5) is 29.0. The van der Waals surface area contributed by atoms with Gasteiger partial charge in [0.2, 0.25) is 21.8 Å². The molecule has 0 aliphatic carbocycles. The van der Waals surface area contributed by atoms with E-state index in [0.29, 0.717) is 18.7 Å². The second kappa shape index (κ2) is 12.7. The third-order valence-electron chi connectivity index (χ3n) is 6.54. The number of carbonyl (C=O) groups excluding carboxylic acids is 2. The maximum atomic E-state index is 14.1. The molecule has 0 saturated heterocycles. The standard InChI is InChI=1S/C30H37N3O4S/c1-6-31-30(35)28(19-25-13-8-7-9-14-25)32(20-26-15-11-10-12-23(26)3)29(34)21-33(38(5,36)37)27-18-22(2)16-17-24(27)4/h7-18,28H,6,19-21H2,1-5H3,(H,31,35)/t28-/m1/s1. The molecule has 0 spiro atoms. The van der Waals surface area contributed by atoms with E-state index in [1.54, 1.807) is 6.07 Å². The highest BCUT2D eigenvalue weighted by molar-refractivity contribution is 7.92. The Morgan fingerprint density at radius 3 is 2.18 bits per heavy atom. The van der Waals surface area contributed by atoms with Gasteiger partial charge >= 0.3 is 0 Å². The van der Waals surface area contributed by atoms with Gasteiger partial charge in [0, 0.05) is 19.5 Å². The van der Waals surface area contributed by atoms with E-state index in [1.807, 2.05) is 94.4 Å². The SMILES string of the molecule is CCNC(=O)[C@@H](Cc1ccccc1)N(Cc1ccccc1C)C(=O)CN(c1cc(C)ccc1C)S(C)(=O)=O. The van der Waals surface area contributed by atoms with Crippen molar-refractivity contribution in [2.75, 3.05) is 23.7 Å². The molecule has 1 N–H and O–H groups in total. The van der Waals surface area contributed by atoms with Gasteiger partial charge in [-0.05, 0) is 61.6 Å². The van der Waals surface area contributed by atoms with Crippen LogP contribution < -0.4 is 9.62 Å². The fourth-order valence-electron chi connectivity index (χ4n) is 4.40. The van der Waals surface area contributed by atoms with Crippen molar-refractivity contribution in [2.24, 2.45) is 0 Å². The molecule has 0 fully saturated rings. The molecule has 8 heteroatoms. The van der Waals surface area contributed by atoms with Gasteiger partial charge in [0.15, 0.2) is 0 Å². The van der Waals surface area contributed by atoms with Crippen molar-refractivity contribution in [3.63, 3.8) is 0 Å². The predicted molar refractivity (Wildman–Crippen MR) is 152 cm³/mol. The van der Waals surface area contributed by atoms with Crippen LogP contribution in [-0.4, -0.2) is 50.5 Å². The van der Waals surface area contributed by atoms with Crippen LogP contribution in [0.25, 0.3) is 0 Å². The van der Waals surface area contributed by atoms with Crippen molar-refractivity contribution in [1.82, 2.24) is 10.2 Å². The smallest absolute Gasteiger partial charge is 0.244 e. The van der Waals surface area contributed by atoms with Gasteiger partial charge < -0.3 is 10.2 Å². The van der Waals surface area contributed by atoms with E-state index in [2.05, 4.69) is 5.32 Å². The molecule has 202 valence electrons. The molecule has 0 radical (unpaired) electrons. The van der Waals surface area contributed by atoms with Crippen molar-refractivity contribution in [2.45, 2.75) is 46.7 Å². The molecular formula is C30H37N3O4S. The average Bonchev–Trinajstić information content (AvgIpc) is 2.87. The van der Waals surface area contributed by atoms with Crippen LogP contribution in [0.4, 0.5) is 5.69 Å². The molecule has 38 heavy (non-hydrogen) atoms. The summed E-state index contributed by atoms with van der Waals surface area (Å²) >= 11 is 0. The number of benzene rings is 3. The third kappa shape index (κ3) is 7.44. The van der Waals surface area contributed by atoms with E-state index < -0.39 is 28.5 Å². The zero-order chi connectivity index (χ0) is 27.9. The summed E-state index contributed by atoms with van der Waals surface area (Å²) in [7, 11) is -3.80. The van der Waals surface area contributed by atoms with Gasteiger partial charge in [-0.1, -0.05) is 66.7 Å². The van der Waals surface area contributed by atoms with Gasteiger partial charge in [-0.25, -0.2) is 8.42 Å². The van der Waals surface area contributed by atoms with Crippen molar-refractivity contribution in [1.29, 1.82) is 0 Å². The average molecular weight is 536 g/mol. The molecule has 0 bridgehead atoms. The van der Waals surface area contributed by atoms with E-state index in [9.17, 15) is 18.0 Å². The van der Waals surface area contributed by atoms with Crippen LogP contribution in [0.15, 0.2) is 72.8 Å². The van der Waals surface area contributed by atoms with Crippen molar-refractivity contribution >= 4 is 27.5 Å². The quantitative estimate of drug-likeness (QED) is 0.400. The maximum absolute atomic E-state index is 14.1. The number of nitrogens with zero attached hydrogens (tertiary/aromatic N) is 2. The Hall–Kier alpha value is -3.65. The molecule has 0 heterocycles. The molecule has 3 rings (SSSR count). The lowest BCUT2D eigenvalue weighted by molar-refractivity contribution is -0.140. The second-order valence-corrected chi connectivity index (χ2v) is 11.5. The van der Waals surface area contributed by atoms with Crippen LogP contribution in [0, 0.1) is 20.8 Å². The molecule has 1 atom stereocenters. The van der Waals surface area contributed by atoms with E-state index in [1.165, 1.54) is 4.90 Å². The number of aryl methyl sites for hydroxylation is 3. The topological polar surface area (TPSA) is 86.8 Å². The monoisotopic (exact) mass is 535 g/mol. The summed E-state index contributed by atoms with van der Waals surface area (Å²) in [5, 5.41) is 2.87. The van der Waals surface area contributed by atoms with Crippen LogP contribution in [-0.2, 0) is 32.6 Å². The molecule has 0 aromatic heterocycles. The zero-order valence-electron chi connectivity index (χ0n) is 22.8. The van der Waals surface area contributed by atoms with Gasteiger partial charge in [-0.2, -0.15) is 0 Å². The van der Waals surface area contributed by atoms with E-state index in [4.69, 9.17) is 0 Å². The molecule has 0 aliphatic rings. The number of hydrogen-bond donors (Lipinski definition) is 1. The Labute approximate surface area is 226 Å². The first kappa shape index (κ1) is 28.9. The summed E-state index contributed by atoms with van der Waals surface area (Å²) in [5.74, 6) is -0.734. The Kier molecular flexibility index (Phi) is 9.69. The Morgan fingerprint density at radius 1 is 0.895 bits per heavy atom. The van der Waals surface area contributed by atoms with Crippen LogP contribution in [0.3, 0.4) is 0 Å². The van der Waals surface area contributed by atoms with Crippen LogP contribution in [0.2, 0.25) is 0 Å². The molecule has 0 saturated carbocycles. The van der Waals surface area contributed by atoms with Gasteiger partial charge in [-0.3, -0.25) is 13.9 Å². The lowest BCUT2D eigenvalue weighted by Crippen LogP contribution is -2.53. The third-order valence-corrected chi connectivity index (χ3v) is 7.66. The van der Waals surface area contributed by atoms with Crippen molar-refractivity contribution in [3.8, 4) is 0 Å². The molecule has 3 aromatic rings. The zero-order valence-corrected chi connectivity index (χ0v) is 23.6. The first-order valence-electron chi connectivity index (χ1n) is 12.7. The summed E-state index contributed by atoms with van der Waals surface area (Å²) in [6.45, 7) is 7.64. The van der Waals surface area contributed by atoms with Gasteiger partial charge in [0.25, 0.3) is 0 Å². The summed E-state index contributed by atoms with van der Waals surface area (Å²) in [6, 6.07) is 21.9. The van der Waals surface area contributed by atoms with E-state index >= 15 is 0 Å².